The summed E-state index contributed by atoms with van der Waals surface area (Å²) in [7, 11) is 3.71. The second-order valence-electron chi connectivity index (χ2n) is 7.09. The zero-order valence-electron chi connectivity index (χ0n) is 15.9. The highest BCUT2D eigenvalue weighted by atomic mass is 16.5. The topological polar surface area (TPSA) is 92.0 Å². The lowest BCUT2D eigenvalue weighted by Gasteiger charge is -2.16. The molecule has 0 atom stereocenters. The Morgan fingerprint density at radius 2 is 1.81 bits per heavy atom. The number of anilines is 2. The zero-order chi connectivity index (χ0) is 19.3. The zero-order valence-corrected chi connectivity index (χ0v) is 15.9. The van der Waals surface area contributed by atoms with Gasteiger partial charge in [0.25, 0.3) is 0 Å². The molecule has 27 heavy (non-hydrogen) atoms. The minimum Gasteiger partial charge on any atom is -0.496 e. The van der Waals surface area contributed by atoms with E-state index in [2.05, 4.69) is 40.5 Å². The van der Waals surface area contributed by atoms with E-state index in [4.69, 9.17) is 16.2 Å². The molecule has 6 nitrogen and oxygen atoms in total. The van der Waals surface area contributed by atoms with Crippen molar-refractivity contribution in [3.05, 3.63) is 42.1 Å². The average Bonchev–Trinajstić information content (AvgIpc) is 3.01. The van der Waals surface area contributed by atoms with Crippen LogP contribution in [0.5, 0.6) is 5.75 Å². The molecule has 2 heterocycles. The molecule has 4 aromatic rings. The summed E-state index contributed by atoms with van der Waals surface area (Å²) in [5, 5.41) is 1.82. The normalized spacial score (nSPS) is 11.6. The Labute approximate surface area is 157 Å². The highest BCUT2D eigenvalue weighted by Gasteiger charge is 2.18. The van der Waals surface area contributed by atoms with Crippen LogP contribution in [-0.2, 0) is 7.05 Å². The predicted octanol–water partition coefficient (Wildman–Crippen LogP) is 4.08. The van der Waals surface area contributed by atoms with Crippen molar-refractivity contribution >= 4 is 33.6 Å². The molecule has 0 saturated carbocycles. The molecule has 2 aromatic heterocycles. The van der Waals surface area contributed by atoms with E-state index in [9.17, 15) is 0 Å². The molecule has 4 N–H and O–H groups in total. The number of benzene rings is 2. The van der Waals surface area contributed by atoms with Gasteiger partial charge in [-0.15, -0.1) is 0 Å². The van der Waals surface area contributed by atoms with Crippen molar-refractivity contribution < 1.29 is 4.74 Å². The fraction of sp³-hybridized carbons (Fsp3) is 0.238. The van der Waals surface area contributed by atoms with Crippen LogP contribution in [0.3, 0.4) is 0 Å². The SMILES string of the molecule is COc1ccc(C(C)C)cc1-c1cc2nc(N)nc(N)c2c2ccn(C)c12. The van der Waals surface area contributed by atoms with Crippen LogP contribution < -0.4 is 16.2 Å². The Bertz CT molecular complexity index is 1180. The summed E-state index contributed by atoms with van der Waals surface area (Å²) in [4.78, 5) is 8.58. The van der Waals surface area contributed by atoms with Crippen molar-refractivity contribution in [2.75, 3.05) is 18.6 Å². The predicted molar refractivity (Wildman–Crippen MR) is 111 cm³/mol. The third kappa shape index (κ3) is 2.65. The Hall–Kier alpha value is -3.28. The van der Waals surface area contributed by atoms with E-state index >= 15 is 0 Å². The van der Waals surface area contributed by atoms with Crippen LogP contribution in [0, 0.1) is 0 Å². The molecule has 0 spiro atoms. The molecule has 0 saturated heterocycles. The first-order chi connectivity index (χ1) is 12.9. The first kappa shape index (κ1) is 17.1. The van der Waals surface area contributed by atoms with Gasteiger partial charge in [0, 0.05) is 29.8 Å². The number of nitrogens with two attached hydrogens (primary N) is 2. The Kier molecular flexibility index (Phi) is 3.91. The van der Waals surface area contributed by atoms with Crippen molar-refractivity contribution in [2.24, 2.45) is 7.05 Å². The monoisotopic (exact) mass is 361 g/mol. The lowest BCUT2D eigenvalue weighted by molar-refractivity contribution is 0.416. The number of rotatable bonds is 3. The van der Waals surface area contributed by atoms with Gasteiger partial charge in [-0.1, -0.05) is 19.9 Å². The molecular weight excluding hydrogens is 338 g/mol. The molecule has 0 amide bonds. The van der Waals surface area contributed by atoms with Crippen LogP contribution in [0.4, 0.5) is 11.8 Å². The standard InChI is InChI=1S/C21H23N5O/c1-11(2)12-5-6-17(27-4)14(9-12)15-10-16-18(20(22)25-21(23)24-16)13-7-8-26(3)19(13)15/h5-11H,1-4H3,(H4,22,23,24,25). The molecule has 0 aliphatic rings. The molecule has 0 aliphatic carbocycles. The van der Waals surface area contributed by atoms with Gasteiger partial charge < -0.3 is 20.8 Å². The van der Waals surface area contributed by atoms with Crippen LogP contribution in [0.2, 0.25) is 0 Å². The summed E-state index contributed by atoms with van der Waals surface area (Å²) >= 11 is 0. The number of nitrogen functional groups attached to an aromatic ring is 2. The van der Waals surface area contributed by atoms with Crippen molar-refractivity contribution in [1.82, 2.24) is 14.5 Å². The fourth-order valence-electron chi connectivity index (χ4n) is 3.67. The molecule has 0 aliphatic heterocycles. The van der Waals surface area contributed by atoms with Gasteiger partial charge in [0.1, 0.15) is 11.6 Å². The number of aromatic nitrogens is 3. The first-order valence-electron chi connectivity index (χ1n) is 8.89. The van der Waals surface area contributed by atoms with Gasteiger partial charge in [0.05, 0.1) is 23.5 Å². The highest BCUT2D eigenvalue weighted by molar-refractivity contribution is 6.15. The fourth-order valence-corrected chi connectivity index (χ4v) is 3.67. The molecule has 0 fully saturated rings. The Morgan fingerprint density at radius 3 is 2.52 bits per heavy atom. The van der Waals surface area contributed by atoms with Crippen molar-refractivity contribution in [3.8, 4) is 16.9 Å². The molecule has 4 rings (SSSR count). The second-order valence-corrected chi connectivity index (χ2v) is 7.09. The summed E-state index contributed by atoms with van der Waals surface area (Å²) in [5.41, 5.74) is 17.1. The molecular formula is C21H23N5O. The minimum absolute atomic E-state index is 0.170. The van der Waals surface area contributed by atoms with E-state index in [1.807, 2.05) is 31.4 Å². The molecule has 0 bridgehead atoms. The van der Waals surface area contributed by atoms with Gasteiger partial charge in [-0.3, -0.25) is 0 Å². The number of ether oxygens (including phenoxy) is 1. The van der Waals surface area contributed by atoms with Gasteiger partial charge in [-0.25, -0.2) is 4.98 Å². The van der Waals surface area contributed by atoms with Crippen LogP contribution in [0.1, 0.15) is 25.3 Å². The van der Waals surface area contributed by atoms with Crippen LogP contribution in [0.25, 0.3) is 32.9 Å². The third-order valence-corrected chi connectivity index (χ3v) is 5.04. The van der Waals surface area contributed by atoms with Gasteiger partial charge in [0.2, 0.25) is 5.95 Å². The van der Waals surface area contributed by atoms with Gasteiger partial charge >= 0.3 is 0 Å². The van der Waals surface area contributed by atoms with Crippen LogP contribution in [0.15, 0.2) is 36.5 Å². The quantitative estimate of drug-likeness (QED) is 0.573. The molecule has 2 aromatic carbocycles. The van der Waals surface area contributed by atoms with E-state index in [1.54, 1.807) is 7.11 Å². The first-order valence-corrected chi connectivity index (χ1v) is 8.89. The number of aryl methyl sites for hydroxylation is 1. The van der Waals surface area contributed by atoms with E-state index in [1.165, 1.54) is 5.56 Å². The van der Waals surface area contributed by atoms with Crippen LogP contribution in [-0.4, -0.2) is 21.6 Å². The van der Waals surface area contributed by atoms with Gasteiger partial charge in [-0.2, -0.15) is 4.98 Å². The number of methoxy groups -OCH3 is 1. The lowest BCUT2D eigenvalue weighted by Crippen LogP contribution is -2.02. The number of hydrogen-bond acceptors (Lipinski definition) is 5. The Balaban J connectivity index is 2.16. The van der Waals surface area contributed by atoms with E-state index < -0.39 is 0 Å². The van der Waals surface area contributed by atoms with E-state index in [0.29, 0.717) is 11.7 Å². The van der Waals surface area contributed by atoms with E-state index in [0.717, 1.165) is 38.7 Å². The summed E-state index contributed by atoms with van der Waals surface area (Å²) in [6.45, 7) is 4.36. The molecule has 138 valence electrons. The largest absolute Gasteiger partial charge is 0.496 e. The number of nitrogens with zero attached hydrogens (tertiary/aromatic N) is 3. The summed E-state index contributed by atoms with van der Waals surface area (Å²) in [6.07, 6.45) is 2.02. The van der Waals surface area contributed by atoms with E-state index in [-0.39, 0.29) is 5.95 Å². The highest BCUT2D eigenvalue weighted by Crippen LogP contribution is 2.41. The summed E-state index contributed by atoms with van der Waals surface area (Å²) in [6, 6.07) is 10.4. The third-order valence-electron chi connectivity index (χ3n) is 5.04. The van der Waals surface area contributed by atoms with Gasteiger partial charge in [-0.05, 0) is 35.7 Å². The summed E-state index contributed by atoms with van der Waals surface area (Å²) < 4.78 is 7.75. The maximum atomic E-state index is 6.18. The van der Waals surface area contributed by atoms with Crippen molar-refractivity contribution in [2.45, 2.75) is 19.8 Å². The van der Waals surface area contributed by atoms with Gasteiger partial charge in [0.15, 0.2) is 0 Å². The Morgan fingerprint density at radius 1 is 1.04 bits per heavy atom. The maximum Gasteiger partial charge on any atom is 0.222 e. The second kappa shape index (κ2) is 6.16. The molecule has 0 unspecified atom stereocenters. The van der Waals surface area contributed by atoms with Crippen molar-refractivity contribution in [1.29, 1.82) is 0 Å². The minimum atomic E-state index is 0.170. The average molecular weight is 361 g/mol. The lowest BCUT2D eigenvalue weighted by atomic mass is 9.94. The number of hydrogen-bond donors (Lipinski definition) is 2. The maximum absolute atomic E-state index is 6.18. The van der Waals surface area contributed by atoms with Crippen molar-refractivity contribution in [3.63, 3.8) is 0 Å². The summed E-state index contributed by atoms with van der Waals surface area (Å²) in [5.74, 6) is 1.79. The number of fused-ring (bicyclic) bond motifs is 3. The smallest absolute Gasteiger partial charge is 0.222 e. The molecule has 0 radical (unpaired) electrons. The molecule has 6 heteroatoms. The van der Waals surface area contributed by atoms with Crippen LogP contribution >= 0.6 is 0 Å².